The van der Waals surface area contributed by atoms with Crippen molar-refractivity contribution in [2.45, 2.75) is 69.8 Å². The molecule has 1 fully saturated rings. The van der Waals surface area contributed by atoms with Gasteiger partial charge in [-0.05, 0) is 51.3 Å². The second kappa shape index (κ2) is 10.4. The second-order valence-corrected chi connectivity index (χ2v) is 12.0. The zero-order chi connectivity index (χ0) is 25.1. The molecule has 0 radical (unpaired) electrons. The summed E-state index contributed by atoms with van der Waals surface area (Å²) in [5.74, 6) is -0.116. The first-order valence-corrected chi connectivity index (χ1v) is 13.5. The number of esters is 1. The second-order valence-electron chi connectivity index (χ2n) is 9.57. The number of ether oxygens (including phenoxy) is 1. The van der Waals surface area contributed by atoms with Crippen LogP contribution in [0.3, 0.4) is 0 Å². The highest BCUT2D eigenvalue weighted by Crippen LogP contribution is 2.33. The molecule has 0 saturated heterocycles. The predicted molar refractivity (Wildman–Crippen MR) is 130 cm³/mol. The highest BCUT2D eigenvalue weighted by atomic mass is 35.5. The number of anilines is 2. The van der Waals surface area contributed by atoms with Crippen molar-refractivity contribution in [3.8, 4) is 0 Å². The third-order valence-corrected chi connectivity index (χ3v) is 7.12. The molecule has 0 bridgehead atoms. The Morgan fingerprint density at radius 1 is 1.15 bits per heavy atom. The van der Waals surface area contributed by atoms with Gasteiger partial charge in [-0.2, -0.15) is 0 Å². The third kappa shape index (κ3) is 6.76. The first kappa shape index (κ1) is 26.1. The summed E-state index contributed by atoms with van der Waals surface area (Å²) in [6.45, 7) is 5.25. The molecule has 10 heteroatoms. The number of hydrogen-bond acceptors (Lipinski definition) is 7. The predicted octanol–water partition coefficient (Wildman–Crippen LogP) is 5.12. The number of nitrogens with zero attached hydrogens (tertiary/aromatic N) is 3. The van der Waals surface area contributed by atoms with Crippen LogP contribution in [0.4, 0.5) is 11.5 Å². The van der Waals surface area contributed by atoms with Crippen molar-refractivity contribution in [1.29, 1.82) is 0 Å². The molecule has 0 N–H and O–H groups in total. The van der Waals surface area contributed by atoms with E-state index < -0.39 is 21.4 Å². The minimum atomic E-state index is -3.53. The Labute approximate surface area is 205 Å². The Kier molecular flexibility index (Phi) is 7.98. The van der Waals surface area contributed by atoms with Gasteiger partial charge in [-0.25, -0.2) is 23.2 Å². The number of amides is 1. The lowest BCUT2D eigenvalue weighted by Gasteiger charge is -2.23. The first-order chi connectivity index (χ1) is 15.8. The summed E-state index contributed by atoms with van der Waals surface area (Å²) in [4.78, 5) is 35.4. The van der Waals surface area contributed by atoms with Crippen LogP contribution in [0, 0.1) is 5.92 Å². The lowest BCUT2D eigenvalue weighted by atomic mass is 10.0. The quantitative estimate of drug-likeness (QED) is 0.478. The van der Waals surface area contributed by atoms with Crippen molar-refractivity contribution in [3.05, 3.63) is 41.3 Å². The molecule has 1 aromatic heterocycles. The Balaban J connectivity index is 1.92. The van der Waals surface area contributed by atoms with Gasteiger partial charge >= 0.3 is 5.97 Å². The first-order valence-electron chi connectivity index (χ1n) is 11.2. The summed E-state index contributed by atoms with van der Waals surface area (Å²) < 4.78 is 29.2. The smallest absolute Gasteiger partial charge is 0.359 e. The molecule has 1 aromatic carbocycles. The largest absolute Gasteiger partial charge is 0.455 e. The zero-order valence-electron chi connectivity index (χ0n) is 19.9. The van der Waals surface area contributed by atoms with Crippen molar-refractivity contribution in [3.63, 3.8) is 0 Å². The molecule has 3 rings (SSSR count). The fourth-order valence-corrected chi connectivity index (χ4v) is 5.27. The summed E-state index contributed by atoms with van der Waals surface area (Å²) in [6.07, 6.45) is 9.31. The summed E-state index contributed by atoms with van der Waals surface area (Å²) in [6, 6.07) is 4.31. The van der Waals surface area contributed by atoms with Crippen LogP contribution < -0.4 is 4.90 Å². The molecule has 1 amide bonds. The number of benzene rings is 1. The van der Waals surface area contributed by atoms with E-state index in [1.54, 1.807) is 20.8 Å². The lowest BCUT2D eigenvalue weighted by Crippen LogP contribution is -2.28. The van der Waals surface area contributed by atoms with Gasteiger partial charge in [0.15, 0.2) is 21.3 Å². The molecular weight excluding hydrogens is 478 g/mol. The van der Waals surface area contributed by atoms with Crippen LogP contribution in [0.15, 0.2) is 35.5 Å². The lowest BCUT2D eigenvalue weighted by molar-refractivity contribution is -0.118. The fourth-order valence-electron chi connectivity index (χ4n) is 3.94. The van der Waals surface area contributed by atoms with E-state index in [0.29, 0.717) is 18.0 Å². The number of rotatable bonds is 7. The van der Waals surface area contributed by atoms with Gasteiger partial charge in [-0.1, -0.05) is 37.3 Å². The fraction of sp³-hybridized carbons (Fsp3) is 0.500. The van der Waals surface area contributed by atoms with E-state index in [4.69, 9.17) is 16.3 Å². The molecule has 34 heavy (non-hydrogen) atoms. The Morgan fingerprint density at radius 2 is 1.82 bits per heavy atom. The van der Waals surface area contributed by atoms with Crippen LogP contribution in [0.2, 0.25) is 5.02 Å². The van der Waals surface area contributed by atoms with Gasteiger partial charge in [0, 0.05) is 12.7 Å². The maximum atomic E-state index is 13.3. The molecular formula is C24H30ClN3O5S. The van der Waals surface area contributed by atoms with E-state index >= 15 is 0 Å². The normalized spacial score (nSPS) is 14.7. The Morgan fingerprint density at radius 3 is 2.35 bits per heavy atom. The van der Waals surface area contributed by atoms with Crippen LogP contribution >= 0.6 is 11.6 Å². The highest BCUT2D eigenvalue weighted by molar-refractivity contribution is 7.90. The summed E-state index contributed by atoms with van der Waals surface area (Å²) in [5, 5.41) is 0.00641. The zero-order valence-corrected chi connectivity index (χ0v) is 21.4. The van der Waals surface area contributed by atoms with Crippen molar-refractivity contribution < 1.29 is 22.7 Å². The molecule has 1 aliphatic carbocycles. The molecule has 184 valence electrons. The molecule has 1 aliphatic rings. The number of carbonyl (C=O) groups is 2. The Hall–Kier alpha value is -2.52. The van der Waals surface area contributed by atoms with E-state index in [1.165, 1.54) is 48.3 Å². The molecule has 0 aliphatic heterocycles. The van der Waals surface area contributed by atoms with Gasteiger partial charge in [0.1, 0.15) is 5.60 Å². The topological polar surface area (TPSA) is 107 Å². The van der Waals surface area contributed by atoms with Crippen LogP contribution in [-0.2, 0) is 19.4 Å². The summed E-state index contributed by atoms with van der Waals surface area (Å²) >= 11 is 6.24. The van der Waals surface area contributed by atoms with Gasteiger partial charge in [0.2, 0.25) is 5.91 Å². The number of sulfone groups is 1. The minimum Gasteiger partial charge on any atom is -0.455 e. The average molecular weight is 508 g/mol. The molecule has 1 saturated carbocycles. The number of hydrogen-bond donors (Lipinski definition) is 0. The van der Waals surface area contributed by atoms with Gasteiger partial charge in [-0.3, -0.25) is 9.69 Å². The SMILES string of the molecule is CC(C)(C)OC(=O)c1cnc(N(C(=O)CCC2CCCC2)c2ccc(S(C)(=O)=O)c(Cl)c2)cn1. The monoisotopic (exact) mass is 507 g/mol. The maximum Gasteiger partial charge on any atom is 0.359 e. The van der Waals surface area contributed by atoms with E-state index in [9.17, 15) is 18.0 Å². The highest BCUT2D eigenvalue weighted by Gasteiger charge is 2.25. The molecule has 0 spiro atoms. The molecule has 0 unspecified atom stereocenters. The molecule has 8 nitrogen and oxygen atoms in total. The number of carbonyl (C=O) groups excluding carboxylic acids is 2. The van der Waals surface area contributed by atoms with E-state index in [-0.39, 0.29) is 27.3 Å². The summed E-state index contributed by atoms with van der Waals surface area (Å²) in [5.41, 5.74) is -0.298. The van der Waals surface area contributed by atoms with Crippen LogP contribution in [-0.4, -0.2) is 42.1 Å². The standard InChI is InChI=1S/C24H30ClN3O5S/c1-24(2,3)33-23(30)19-14-27-21(15-26-19)28(22(29)12-9-16-7-5-6-8-16)17-10-11-20(18(25)13-17)34(4,31)32/h10-11,13-16H,5-9,12H2,1-4H3. The van der Waals surface area contributed by atoms with Crippen molar-refractivity contribution in [1.82, 2.24) is 9.97 Å². The van der Waals surface area contributed by atoms with Crippen LogP contribution in [0.1, 0.15) is 69.8 Å². The minimum absolute atomic E-state index is 0.00641. The average Bonchev–Trinajstić information content (AvgIpc) is 3.24. The van der Waals surface area contributed by atoms with Crippen LogP contribution in [0.5, 0.6) is 0 Å². The third-order valence-electron chi connectivity index (χ3n) is 5.54. The van der Waals surface area contributed by atoms with Gasteiger partial charge < -0.3 is 4.74 Å². The van der Waals surface area contributed by atoms with E-state index in [2.05, 4.69) is 9.97 Å². The number of aromatic nitrogens is 2. The van der Waals surface area contributed by atoms with E-state index in [1.807, 2.05) is 0 Å². The maximum absolute atomic E-state index is 13.3. The van der Waals surface area contributed by atoms with Gasteiger partial charge in [0.25, 0.3) is 0 Å². The Bertz CT molecular complexity index is 1150. The molecule has 0 atom stereocenters. The summed E-state index contributed by atoms with van der Waals surface area (Å²) in [7, 11) is -3.53. The van der Waals surface area contributed by atoms with Crippen molar-refractivity contribution >= 4 is 44.8 Å². The van der Waals surface area contributed by atoms with E-state index in [0.717, 1.165) is 25.5 Å². The molecule has 1 heterocycles. The van der Waals surface area contributed by atoms with Crippen molar-refractivity contribution in [2.75, 3.05) is 11.2 Å². The van der Waals surface area contributed by atoms with Gasteiger partial charge in [-0.15, -0.1) is 0 Å². The molecule has 2 aromatic rings. The van der Waals surface area contributed by atoms with Gasteiger partial charge in [0.05, 0.1) is 28.0 Å². The van der Waals surface area contributed by atoms with Crippen LogP contribution in [0.25, 0.3) is 0 Å². The van der Waals surface area contributed by atoms with Crippen molar-refractivity contribution in [2.24, 2.45) is 5.92 Å². The number of halogens is 1.